The number of aromatic nitrogens is 1. The first-order valence-corrected chi connectivity index (χ1v) is 8.29. The zero-order chi connectivity index (χ0) is 14.5. The van der Waals surface area contributed by atoms with Crippen LogP contribution in [0.2, 0.25) is 0 Å². The lowest BCUT2D eigenvalue weighted by Crippen LogP contribution is -2.23. The van der Waals surface area contributed by atoms with Gasteiger partial charge in [0.2, 0.25) is 5.01 Å². The molecule has 0 radical (unpaired) electrons. The second-order valence-electron chi connectivity index (χ2n) is 3.63. The quantitative estimate of drug-likeness (QED) is 0.816. The van der Waals surface area contributed by atoms with E-state index in [9.17, 15) is 9.59 Å². The van der Waals surface area contributed by atoms with E-state index in [1.165, 1.54) is 0 Å². The van der Waals surface area contributed by atoms with Gasteiger partial charge in [-0.1, -0.05) is 0 Å². The highest BCUT2D eigenvalue weighted by molar-refractivity contribution is 9.10. The van der Waals surface area contributed by atoms with Crippen LogP contribution in [0.1, 0.15) is 32.1 Å². The zero-order valence-electron chi connectivity index (χ0n) is 10.5. The minimum atomic E-state index is -0.502. The highest BCUT2D eigenvalue weighted by atomic mass is 79.9. The number of nitrogens with one attached hydrogen (secondary N) is 1. The summed E-state index contributed by atoms with van der Waals surface area (Å²) >= 11 is 6.05. The predicted octanol–water partition coefficient (Wildman–Crippen LogP) is 3.07. The van der Waals surface area contributed by atoms with Gasteiger partial charge >= 0.3 is 5.97 Å². The van der Waals surface area contributed by atoms with E-state index in [4.69, 9.17) is 4.74 Å². The number of esters is 1. The van der Waals surface area contributed by atoms with Gasteiger partial charge in [0.25, 0.3) is 5.91 Å². The maximum atomic E-state index is 11.9. The first-order chi connectivity index (χ1) is 9.61. The van der Waals surface area contributed by atoms with Crippen molar-refractivity contribution in [3.63, 3.8) is 0 Å². The molecule has 0 fully saturated rings. The fraction of sp³-hybridized carbons (Fsp3) is 0.250. The Bertz CT molecular complexity index is 624. The predicted molar refractivity (Wildman–Crippen MR) is 81.3 cm³/mol. The number of amides is 1. The second kappa shape index (κ2) is 6.96. The van der Waals surface area contributed by atoms with Crippen molar-refractivity contribution in [3.8, 4) is 0 Å². The normalized spacial score (nSPS) is 10.3. The minimum Gasteiger partial charge on any atom is -0.461 e. The van der Waals surface area contributed by atoms with Crippen LogP contribution in [0.3, 0.4) is 0 Å². The maximum absolute atomic E-state index is 11.9. The number of hydrogen-bond donors (Lipinski definition) is 1. The number of thiophene rings is 1. The van der Waals surface area contributed by atoms with Crippen molar-refractivity contribution in [2.24, 2.45) is 0 Å². The molecule has 2 rings (SSSR count). The summed E-state index contributed by atoms with van der Waals surface area (Å²) in [4.78, 5) is 28.4. The van der Waals surface area contributed by atoms with Crippen LogP contribution in [0, 0.1) is 0 Å². The molecular weight excluding hydrogens is 364 g/mol. The van der Waals surface area contributed by atoms with Crippen molar-refractivity contribution in [2.45, 2.75) is 13.5 Å². The van der Waals surface area contributed by atoms with Crippen molar-refractivity contribution in [1.82, 2.24) is 10.3 Å². The van der Waals surface area contributed by atoms with Gasteiger partial charge in [-0.15, -0.1) is 22.7 Å². The van der Waals surface area contributed by atoms with E-state index in [1.807, 2.05) is 11.4 Å². The molecule has 2 heterocycles. The van der Waals surface area contributed by atoms with E-state index >= 15 is 0 Å². The Morgan fingerprint density at radius 2 is 2.25 bits per heavy atom. The van der Waals surface area contributed by atoms with Gasteiger partial charge in [0.1, 0.15) is 5.69 Å². The van der Waals surface area contributed by atoms with Crippen LogP contribution in [0.4, 0.5) is 0 Å². The monoisotopic (exact) mass is 374 g/mol. The number of carbonyl (C=O) groups is 2. The molecule has 0 saturated heterocycles. The number of ether oxygens (including phenoxy) is 1. The van der Waals surface area contributed by atoms with Gasteiger partial charge in [0, 0.05) is 14.7 Å². The SMILES string of the molecule is CCOC(=O)c1nc(C(=O)NCc2sccc2Br)cs1. The standard InChI is InChI=1S/C12H11BrN2O3S2/c1-2-18-12(17)11-15-8(6-20-11)10(16)14-5-9-7(13)3-4-19-9/h3-4,6H,2,5H2,1H3,(H,14,16). The summed E-state index contributed by atoms with van der Waals surface area (Å²) in [6.45, 7) is 2.42. The molecule has 0 aliphatic rings. The number of thiazole rings is 1. The molecule has 2 aromatic heterocycles. The molecule has 20 heavy (non-hydrogen) atoms. The Balaban J connectivity index is 1.96. The molecule has 0 aliphatic heterocycles. The van der Waals surface area contributed by atoms with Crippen LogP contribution in [0.25, 0.3) is 0 Å². The van der Waals surface area contributed by atoms with Crippen molar-refractivity contribution in [1.29, 1.82) is 0 Å². The van der Waals surface area contributed by atoms with E-state index in [0.717, 1.165) is 20.7 Å². The van der Waals surface area contributed by atoms with Crippen LogP contribution in [0.5, 0.6) is 0 Å². The summed E-state index contributed by atoms with van der Waals surface area (Å²) in [5.74, 6) is -0.811. The van der Waals surface area contributed by atoms with Crippen LogP contribution in [0.15, 0.2) is 21.3 Å². The van der Waals surface area contributed by atoms with Gasteiger partial charge in [-0.2, -0.15) is 0 Å². The van der Waals surface area contributed by atoms with Gasteiger partial charge < -0.3 is 10.1 Å². The number of rotatable bonds is 5. The van der Waals surface area contributed by atoms with Crippen LogP contribution in [-0.4, -0.2) is 23.5 Å². The van der Waals surface area contributed by atoms with E-state index in [2.05, 4.69) is 26.2 Å². The summed E-state index contributed by atoms with van der Waals surface area (Å²) in [7, 11) is 0. The van der Waals surface area contributed by atoms with Crippen molar-refractivity contribution in [3.05, 3.63) is 36.9 Å². The van der Waals surface area contributed by atoms with Crippen molar-refractivity contribution in [2.75, 3.05) is 6.61 Å². The lowest BCUT2D eigenvalue weighted by molar-refractivity contribution is 0.0526. The van der Waals surface area contributed by atoms with E-state index in [0.29, 0.717) is 6.54 Å². The highest BCUT2D eigenvalue weighted by Crippen LogP contribution is 2.22. The van der Waals surface area contributed by atoms with Gasteiger partial charge in [0.05, 0.1) is 13.2 Å². The molecule has 106 valence electrons. The highest BCUT2D eigenvalue weighted by Gasteiger charge is 2.16. The number of carbonyl (C=O) groups excluding carboxylic acids is 2. The largest absolute Gasteiger partial charge is 0.461 e. The lowest BCUT2D eigenvalue weighted by Gasteiger charge is -2.01. The molecule has 2 aromatic rings. The number of halogens is 1. The van der Waals surface area contributed by atoms with Crippen LogP contribution >= 0.6 is 38.6 Å². The van der Waals surface area contributed by atoms with E-state index in [-0.39, 0.29) is 23.2 Å². The average molecular weight is 375 g/mol. The topological polar surface area (TPSA) is 68.3 Å². The van der Waals surface area contributed by atoms with Crippen molar-refractivity contribution < 1.29 is 14.3 Å². The summed E-state index contributed by atoms with van der Waals surface area (Å²) in [6.07, 6.45) is 0. The average Bonchev–Trinajstić information content (AvgIpc) is 3.05. The fourth-order valence-electron chi connectivity index (χ4n) is 1.37. The summed E-state index contributed by atoms with van der Waals surface area (Å²) in [5, 5.41) is 6.43. The smallest absolute Gasteiger partial charge is 0.367 e. The number of hydrogen-bond acceptors (Lipinski definition) is 6. The molecule has 0 aromatic carbocycles. The molecule has 1 N–H and O–H groups in total. The summed E-state index contributed by atoms with van der Waals surface area (Å²) in [6, 6.07) is 1.92. The van der Waals surface area contributed by atoms with E-state index in [1.54, 1.807) is 23.6 Å². The maximum Gasteiger partial charge on any atom is 0.367 e. The number of nitrogens with zero attached hydrogens (tertiary/aromatic N) is 1. The Kier molecular flexibility index (Phi) is 5.27. The molecule has 0 spiro atoms. The van der Waals surface area contributed by atoms with Gasteiger partial charge in [-0.05, 0) is 34.3 Å². The molecule has 0 bridgehead atoms. The second-order valence-corrected chi connectivity index (χ2v) is 6.35. The fourth-order valence-corrected chi connectivity index (χ4v) is 3.49. The van der Waals surface area contributed by atoms with Crippen LogP contribution < -0.4 is 5.32 Å². The third-order valence-electron chi connectivity index (χ3n) is 2.29. The Labute approximate surface area is 132 Å². The molecule has 0 atom stereocenters. The Morgan fingerprint density at radius 1 is 1.45 bits per heavy atom. The molecular formula is C12H11BrN2O3S2. The third kappa shape index (κ3) is 3.65. The molecule has 8 heteroatoms. The Morgan fingerprint density at radius 3 is 2.90 bits per heavy atom. The lowest BCUT2D eigenvalue weighted by atomic mass is 10.4. The minimum absolute atomic E-state index is 0.189. The molecule has 0 unspecified atom stereocenters. The molecule has 1 amide bonds. The van der Waals surface area contributed by atoms with E-state index < -0.39 is 5.97 Å². The van der Waals surface area contributed by atoms with Gasteiger partial charge in [-0.3, -0.25) is 4.79 Å². The third-order valence-corrected chi connectivity index (χ3v) is 5.04. The van der Waals surface area contributed by atoms with Gasteiger partial charge in [0.15, 0.2) is 0 Å². The first-order valence-electron chi connectivity index (χ1n) is 5.74. The zero-order valence-corrected chi connectivity index (χ0v) is 13.7. The van der Waals surface area contributed by atoms with Crippen LogP contribution in [-0.2, 0) is 11.3 Å². The first kappa shape index (κ1) is 15.1. The Hall–Kier alpha value is -1.25. The molecule has 5 nitrogen and oxygen atoms in total. The van der Waals surface area contributed by atoms with Gasteiger partial charge in [-0.25, -0.2) is 9.78 Å². The molecule has 0 aliphatic carbocycles. The molecule has 0 saturated carbocycles. The summed E-state index contributed by atoms with van der Waals surface area (Å²) < 4.78 is 5.79. The summed E-state index contributed by atoms with van der Waals surface area (Å²) in [5.41, 5.74) is 0.228. The van der Waals surface area contributed by atoms with Crippen molar-refractivity contribution >= 4 is 50.5 Å².